The van der Waals surface area contributed by atoms with Gasteiger partial charge in [0.15, 0.2) is 0 Å². The number of rotatable bonds is 3. The number of carbonyl (C=O) groups excluding carboxylic acids is 2. The van der Waals surface area contributed by atoms with E-state index in [0.717, 1.165) is 29.6 Å². The zero-order valence-corrected chi connectivity index (χ0v) is 12.1. The van der Waals surface area contributed by atoms with Crippen LogP contribution in [0.1, 0.15) is 18.1 Å². The highest BCUT2D eigenvalue weighted by molar-refractivity contribution is 5.91. The molecular formula is C15H21N3O2. The molecule has 0 atom stereocenters. The molecule has 1 N–H and O–H groups in total. The van der Waals surface area contributed by atoms with Gasteiger partial charge in [-0.15, -0.1) is 0 Å². The second-order valence-corrected chi connectivity index (χ2v) is 5.02. The van der Waals surface area contributed by atoms with Crippen molar-refractivity contribution in [3.8, 4) is 0 Å². The lowest BCUT2D eigenvalue weighted by molar-refractivity contribution is -0.119. The van der Waals surface area contributed by atoms with Crippen LogP contribution in [-0.2, 0) is 11.2 Å². The molecule has 1 aliphatic heterocycles. The highest BCUT2D eigenvalue weighted by Crippen LogP contribution is 2.21. The molecule has 2 rings (SSSR count). The molecule has 0 saturated carbocycles. The molecule has 0 bridgehead atoms. The Labute approximate surface area is 119 Å². The third-order valence-electron chi connectivity index (χ3n) is 3.72. The molecule has 108 valence electrons. The first kappa shape index (κ1) is 14.4. The number of aryl methyl sites for hydroxylation is 2. The molecule has 0 unspecified atom stereocenters. The number of nitrogens with one attached hydrogen (secondary N) is 1. The Morgan fingerprint density at radius 1 is 1.30 bits per heavy atom. The fraction of sp³-hybridized carbons (Fsp3) is 0.467. The number of carbonyl (C=O) groups is 2. The lowest BCUT2D eigenvalue weighted by Gasteiger charge is -2.32. The number of hydrogen-bond acceptors (Lipinski definition) is 2. The number of nitrogens with zero attached hydrogens (tertiary/aromatic N) is 2. The van der Waals surface area contributed by atoms with Gasteiger partial charge in [0.25, 0.3) is 0 Å². The number of amides is 3. The van der Waals surface area contributed by atoms with E-state index < -0.39 is 0 Å². The maximum Gasteiger partial charge on any atom is 0.321 e. The molecule has 0 spiro atoms. The minimum absolute atomic E-state index is 0.0838. The molecule has 20 heavy (non-hydrogen) atoms. The Kier molecular flexibility index (Phi) is 4.61. The van der Waals surface area contributed by atoms with Crippen molar-refractivity contribution in [2.24, 2.45) is 0 Å². The minimum Gasteiger partial charge on any atom is -0.342 e. The van der Waals surface area contributed by atoms with Crippen LogP contribution in [-0.4, -0.2) is 48.4 Å². The summed E-state index contributed by atoms with van der Waals surface area (Å²) in [6.07, 6.45) is 1.72. The molecule has 1 fully saturated rings. The summed E-state index contributed by atoms with van der Waals surface area (Å²) in [7, 11) is 0. The first-order chi connectivity index (χ1) is 9.65. The highest BCUT2D eigenvalue weighted by atomic mass is 16.2. The van der Waals surface area contributed by atoms with Crippen LogP contribution in [0.25, 0.3) is 0 Å². The fourth-order valence-corrected chi connectivity index (χ4v) is 2.42. The Morgan fingerprint density at radius 3 is 2.60 bits per heavy atom. The van der Waals surface area contributed by atoms with Gasteiger partial charge < -0.3 is 15.1 Å². The topological polar surface area (TPSA) is 52.7 Å². The molecule has 1 aromatic rings. The molecule has 3 amide bonds. The molecule has 5 heteroatoms. The van der Waals surface area contributed by atoms with Crippen molar-refractivity contribution in [3.05, 3.63) is 29.3 Å². The number of anilines is 1. The summed E-state index contributed by atoms with van der Waals surface area (Å²) < 4.78 is 0. The first-order valence-corrected chi connectivity index (χ1v) is 6.99. The molecule has 5 nitrogen and oxygen atoms in total. The van der Waals surface area contributed by atoms with E-state index in [0.29, 0.717) is 26.2 Å². The number of hydrogen-bond donors (Lipinski definition) is 1. The van der Waals surface area contributed by atoms with Gasteiger partial charge in [0.05, 0.1) is 0 Å². The molecule has 1 aromatic carbocycles. The van der Waals surface area contributed by atoms with Crippen LogP contribution in [0.4, 0.5) is 10.5 Å². The van der Waals surface area contributed by atoms with Crippen molar-refractivity contribution in [3.63, 3.8) is 0 Å². The molecular weight excluding hydrogens is 254 g/mol. The maximum absolute atomic E-state index is 12.3. The van der Waals surface area contributed by atoms with Crippen LogP contribution < -0.4 is 5.32 Å². The van der Waals surface area contributed by atoms with Crippen molar-refractivity contribution >= 4 is 18.1 Å². The fourth-order valence-electron chi connectivity index (χ4n) is 2.42. The summed E-state index contributed by atoms with van der Waals surface area (Å²) in [6, 6.07) is 5.96. The van der Waals surface area contributed by atoms with E-state index >= 15 is 0 Å². The summed E-state index contributed by atoms with van der Waals surface area (Å²) in [4.78, 5) is 26.4. The molecule has 1 aliphatic rings. The molecule has 1 saturated heterocycles. The van der Waals surface area contributed by atoms with Crippen molar-refractivity contribution < 1.29 is 9.59 Å². The lowest BCUT2D eigenvalue weighted by atomic mass is 10.1. The Hall–Kier alpha value is -2.04. The number of piperazine rings is 1. The Balaban J connectivity index is 2.03. The van der Waals surface area contributed by atoms with Gasteiger partial charge in [0.1, 0.15) is 0 Å². The van der Waals surface area contributed by atoms with Crippen molar-refractivity contribution in [1.82, 2.24) is 9.80 Å². The van der Waals surface area contributed by atoms with Gasteiger partial charge in [-0.25, -0.2) is 4.79 Å². The minimum atomic E-state index is -0.0838. The standard InChI is InChI=1S/C15H21N3O2/c1-3-13-6-4-5-12(2)14(13)16-15(20)18-9-7-17(11-19)8-10-18/h4-6,11H,3,7-10H2,1-2H3,(H,16,20). The van der Waals surface area contributed by atoms with E-state index in [-0.39, 0.29) is 6.03 Å². The number of benzene rings is 1. The van der Waals surface area contributed by atoms with Gasteiger partial charge in [-0.3, -0.25) is 4.79 Å². The summed E-state index contributed by atoms with van der Waals surface area (Å²) in [5, 5.41) is 3.01. The van der Waals surface area contributed by atoms with E-state index in [4.69, 9.17) is 0 Å². The average Bonchev–Trinajstić information content (AvgIpc) is 2.49. The zero-order valence-electron chi connectivity index (χ0n) is 12.1. The van der Waals surface area contributed by atoms with E-state index in [2.05, 4.69) is 12.2 Å². The normalized spacial score (nSPS) is 15.1. The van der Waals surface area contributed by atoms with Gasteiger partial charge >= 0.3 is 6.03 Å². The second-order valence-electron chi connectivity index (χ2n) is 5.02. The van der Waals surface area contributed by atoms with Crippen molar-refractivity contribution in [1.29, 1.82) is 0 Å². The third-order valence-corrected chi connectivity index (χ3v) is 3.72. The van der Waals surface area contributed by atoms with E-state index in [1.807, 2.05) is 25.1 Å². The van der Waals surface area contributed by atoms with Gasteiger partial charge in [0.2, 0.25) is 6.41 Å². The highest BCUT2D eigenvalue weighted by Gasteiger charge is 2.21. The largest absolute Gasteiger partial charge is 0.342 e. The SMILES string of the molecule is CCc1cccc(C)c1NC(=O)N1CCN(C=O)CC1. The number of urea groups is 1. The average molecular weight is 275 g/mol. The molecule has 0 aromatic heterocycles. The molecule has 1 heterocycles. The molecule has 0 aliphatic carbocycles. The van der Waals surface area contributed by atoms with Crippen molar-refractivity contribution in [2.75, 3.05) is 31.5 Å². The monoisotopic (exact) mass is 275 g/mol. The smallest absolute Gasteiger partial charge is 0.321 e. The predicted molar refractivity (Wildman–Crippen MR) is 78.8 cm³/mol. The van der Waals surface area contributed by atoms with E-state index in [1.165, 1.54) is 0 Å². The third kappa shape index (κ3) is 3.10. The van der Waals surface area contributed by atoms with E-state index in [9.17, 15) is 9.59 Å². The number of para-hydroxylation sites is 1. The predicted octanol–water partition coefficient (Wildman–Crippen LogP) is 1.86. The van der Waals surface area contributed by atoms with Gasteiger partial charge in [-0.1, -0.05) is 25.1 Å². The van der Waals surface area contributed by atoms with Crippen LogP contribution in [0, 0.1) is 6.92 Å². The Morgan fingerprint density at radius 2 is 2.00 bits per heavy atom. The molecule has 0 radical (unpaired) electrons. The van der Waals surface area contributed by atoms with Crippen LogP contribution in [0.15, 0.2) is 18.2 Å². The Bertz CT molecular complexity index is 494. The summed E-state index contributed by atoms with van der Waals surface area (Å²) in [5.74, 6) is 0. The van der Waals surface area contributed by atoms with Crippen LogP contribution in [0.2, 0.25) is 0 Å². The van der Waals surface area contributed by atoms with Gasteiger partial charge in [0, 0.05) is 31.9 Å². The van der Waals surface area contributed by atoms with Gasteiger partial charge in [-0.2, -0.15) is 0 Å². The lowest BCUT2D eigenvalue weighted by Crippen LogP contribution is -2.49. The quantitative estimate of drug-likeness (QED) is 0.856. The van der Waals surface area contributed by atoms with E-state index in [1.54, 1.807) is 9.80 Å². The van der Waals surface area contributed by atoms with Crippen molar-refractivity contribution in [2.45, 2.75) is 20.3 Å². The van der Waals surface area contributed by atoms with Crippen LogP contribution in [0.3, 0.4) is 0 Å². The summed E-state index contributed by atoms with van der Waals surface area (Å²) in [6.45, 7) is 6.44. The summed E-state index contributed by atoms with van der Waals surface area (Å²) >= 11 is 0. The first-order valence-electron chi connectivity index (χ1n) is 6.99. The van der Waals surface area contributed by atoms with Crippen LogP contribution >= 0.6 is 0 Å². The zero-order chi connectivity index (χ0) is 14.5. The summed E-state index contributed by atoms with van der Waals surface area (Å²) in [5.41, 5.74) is 3.13. The van der Waals surface area contributed by atoms with Gasteiger partial charge in [-0.05, 0) is 24.5 Å². The maximum atomic E-state index is 12.3. The van der Waals surface area contributed by atoms with Crippen LogP contribution in [0.5, 0.6) is 0 Å². The second kappa shape index (κ2) is 6.41.